The van der Waals surface area contributed by atoms with E-state index < -0.39 is 0 Å². The van der Waals surface area contributed by atoms with Crippen molar-refractivity contribution < 1.29 is 13.9 Å². The summed E-state index contributed by atoms with van der Waals surface area (Å²) in [6.45, 7) is 7.96. The summed E-state index contributed by atoms with van der Waals surface area (Å²) in [5.74, 6) is 0.580. The topological polar surface area (TPSA) is 63.1 Å². The van der Waals surface area contributed by atoms with Gasteiger partial charge in [-0.2, -0.15) is 4.99 Å². The van der Waals surface area contributed by atoms with Crippen LogP contribution in [0.4, 0.5) is 9.52 Å². The molecule has 0 N–H and O–H groups in total. The van der Waals surface area contributed by atoms with E-state index in [9.17, 15) is 4.39 Å². The molecule has 1 aromatic heterocycles. The minimum atomic E-state index is -0.236. The zero-order valence-corrected chi connectivity index (χ0v) is 21.2. The highest BCUT2D eigenvalue weighted by Gasteiger charge is 2.24. The Balaban J connectivity index is 0.00000289. The van der Waals surface area contributed by atoms with E-state index in [0.29, 0.717) is 37.1 Å². The lowest BCUT2D eigenvalue weighted by molar-refractivity contribution is 0.0422. The molecule has 7 nitrogen and oxygen atoms in total. The molecule has 10 heteroatoms. The molecule has 0 amide bonds. The molecule has 0 saturated carbocycles. The first-order valence-electron chi connectivity index (χ1n) is 11.6. The van der Waals surface area contributed by atoms with Crippen molar-refractivity contribution in [2.24, 2.45) is 4.99 Å². The van der Waals surface area contributed by atoms with E-state index in [1.54, 1.807) is 6.07 Å². The van der Waals surface area contributed by atoms with E-state index in [2.05, 4.69) is 20.0 Å². The number of hydrogen-bond acceptors (Lipinski definition) is 6. The van der Waals surface area contributed by atoms with Gasteiger partial charge in [-0.05, 0) is 17.2 Å². The highest BCUT2D eigenvalue weighted by molar-refractivity contribution is 7.15. The number of aliphatic imine (C=N–C) groups is 1. The van der Waals surface area contributed by atoms with E-state index in [0.717, 1.165) is 48.3 Å². The molecule has 0 radical (unpaired) electrons. The fourth-order valence-electron chi connectivity index (χ4n) is 4.20. The SMILES string of the molecule is CC(c1ccc(-c2ccccc2)c(F)c1)c1nnc(N=C(N2CCOCC2)N2CCOCC2)s1.Cl. The standard InChI is InChI=1S/C25H28FN5O2S.ClH/c1-18(20-7-8-21(22(26)17-20)19-5-3-2-4-6-19)23-28-29-24(34-23)27-25(30-9-13-32-14-10-30)31-11-15-33-16-12-31;/h2-8,17-18H,9-16H2,1H3;1H. The minimum Gasteiger partial charge on any atom is -0.378 e. The number of benzene rings is 2. The molecule has 2 aromatic carbocycles. The van der Waals surface area contributed by atoms with Crippen molar-refractivity contribution in [3.63, 3.8) is 0 Å². The lowest BCUT2D eigenvalue weighted by atomic mass is 9.97. The van der Waals surface area contributed by atoms with Gasteiger partial charge in [0.25, 0.3) is 0 Å². The van der Waals surface area contributed by atoms with Crippen LogP contribution in [0, 0.1) is 5.82 Å². The summed E-state index contributed by atoms with van der Waals surface area (Å²) < 4.78 is 26.0. The van der Waals surface area contributed by atoms with E-state index in [4.69, 9.17) is 14.5 Å². The normalized spacial score (nSPS) is 17.0. The predicted molar refractivity (Wildman–Crippen MR) is 138 cm³/mol. The highest BCUT2D eigenvalue weighted by Crippen LogP contribution is 2.33. The molecule has 2 aliphatic heterocycles. The number of ether oxygens (including phenoxy) is 2. The second-order valence-electron chi connectivity index (χ2n) is 8.36. The van der Waals surface area contributed by atoms with Gasteiger partial charge in [-0.3, -0.25) is 0 Å². The van der Waals surface area contributed by atoms with Crippen molar-refractivity contribution in [3.8, 4) is 11.1 Å². The molecule has 2 saturated heterocycles. The number of rotatable bonds is 4. The Kier molecular flexibility index (Phi) is 8.67. The number of guanidine groups is 1. The second kappa shape index (κ2) is 11.9. The summed E-state index contributed by atoms with van der Waals surface area (Å²) in [7, 11) is 0. The number of halogens is 2. The quantitative estimate of drug-likeness (QED) is 0.373. The zero-order chi connectivity index (χ0) is 23.3. The van der Waals surface area contributed by atoms with Gasteiger partial charge in [-0.25, -0.2) is 4.39 Å². The van der Waals surface area contributed by atoms with Crippen LogP contribution in [0.3, 0.4) is 0 Å². The molecule has 5 rings (SSSR count). The first kappa shape index (κ1) is 25.5. The Bertz CT molecular complexity index is 1110. The van der Waals surface area contributed by atoms with Gasteiger partial charge in [0, 0.05) is 37.7 Å². The molecule has 2 fully saturated rings. The monoisotopic (exact) mass is 517 g/mol. The number of nitrogens with zero attached hydrogens (tertiary/aromatic N) is 5. The van der Waals surface area contributed by atoms with Crippen LogP contribution in [-0.4, -0.2) is 78.6 Å². The third-order valence-electron chi connectivity index (χ3n) is 6.16. The molecule has 3 heterocycles. The van der Waals surface area contributed by atoms with Gasteiger partial charge in [-0.1, -0.05) is 60.7 Å². The fourth-order valence-corrected chi connectivity index (χ4v) is 4.99. The average Bonchev–Trinajstić information content (AvgIpc) is 3.37. The van der Waals surface area contributed by atoms with Crippen molar-refractivity contribution in [1.82, 2.24) is 20.0 Å². The predicted octanol–water partition coefficient (Wildman–Crippen LogP) is 4.57. The maximum Gasteiger partial charge on any atom is 0.234 e. The maximum absolute atomic E-state index is 14.9. The Morgan fingerprint density at radius 2 is 1.57 bits per heavy atom. The third-order valence-corrected chi connectivity index (χ3v) is 7.16. The van der Waals surface area contributed by atoms with E-state index >= 15 is 0 Å². The summed E-state index contributed by atoms with van der Waals surface area (Å²) >= 11 is 1.45. The summed E-state index contributed by atoms with van der Waals surface area (Å²) in [5, 5.41) is 10.2. The molecule has 1 atom stereocenters. The van der Waals surface area contributed by atoms with Crippen LogP contribution in [0.25, 0.3) is 11.1 Å². The van der Waals surface area contributed by atoms with Gasteiger partial charge < -0.3 is 19.3 Å². The van der Waals surface area contributed by atoms with Gasteiger partial charge in [0.15, 0.2) is 0 Å². The molecule has 3 aromatic rings. The largest absolute Gasteiger partial charge is 0.378 e. The van der Waals surface area contributed by atoms with Crippen LogP contribution < -0.4 is 0 Å². The number of aromatic nitrogens is 2. The summed E-state index contributed by atoms with van der Waals surface area (Å²) in [6.07, 6.45) is 0. The van der Waals surface area contributed by atoms with Crippen molar-refractivity contribution in [2.75, 3.05) is 52.6 Å². The Labute approximate surface area is 215 Å². The Morgan fingerprint density at radius 1 is 0.943 bits per heavy atom. The molecule has 0 aliphatic carbocycles. The van der Waals surface area contributed by atoms with Crippen LogP contribution in [0.1, 0.15) is 23.4 Å². The first-order chi connectivity index (χ1) is 16.7. The molecule has 0 bridgehead atoms. The van der Waals surface area contributed by atoms with Crippen molar-refractivity contribution in [1.29, 1.82) is 0 Å². The average molecular weight is 518 g/mol. The Hall–Kier alpha value is -2.59. The van der Waals surface area contributed by atoms with Crippen LogP contribution in [0.2, 0.25) is 0 Å². The fraction of sp³-hybridized carbons (Fsp3) is 0.400. The smallest absolute Gasteiger partial charge is 0.234 e. The summed E-state index contributed by atoms with van der Waals surface area (Å²) in [6, 6.07) is 15.0. The second-order valence-corrected chi connectivity index (χ2v) is 9.35. The van der Waals surface area contributed by atoms with Gasteiger partial charge in [0.1, 0.15) is 10.8 Å². The minimum absolute atomic E-state index is 0. The van der Waals surface area contributed by atoms with Crippen molar-refractivity contribution in [2.45, 2.75) is 12.8 Å². The van der Waals surface area contributed by atoms with Gasteiger partial charge >= 0.3 is 0 Å². The molecular weight excluding hydrogens is 489 g/mol. The van der Waals surface area contributed by atoms with Crippen LogP contribution >= 0.6 is 23.7 Å². The molecule has 35 heavy (non-hydrogen) atoms. The van der Waals surface area contributed by atoms with Gasteiger partial charge in [0.2, 0.25) is 11.1 Å². The lowest BCUT2D eigenvalue weighted by Crippen LogP contribution is -2.52. The van der Waals surface area contributed by atoms with Gasteiger partial charge in [-0.15, -0.1) is 22.6 Å². The van der Waals surface area contributed by atoms with Crippen LogP contribution in [-0.2, 0) is 9.47 Å². The number of hydrogen-bond donors (Lipinski definition) is 0. The van der Waals surface area contributed by atoms with Crippen LogP contribution in [0.15, 0.2) is 53.5 Å². The molecule has 186 valence electrons. The van der Waals surface area contributed by atoms with Crippen molar-refractivity contribution in [3.05, 3.63) is 64.9 Å². The molecule has 2 aliphatic rings. The Morgan fingerprint density at radius 3 is 2.17 bits per heavy atom. The van der Waals surface area contributed by atoms with E-state index in [-0.39, 0.29) is 24.1 Å². The van der Waals surface area contributed by atoms with Gasteiger partial charge in [0.05, 0.1) is 26.4 Å². The van der Waals surface area contributed by atoms with E-state index in [1.165, 1.54) is 11.3 Å². The number of morpholine rings is 2. The molecule has 0 spiro atoms. The van der Waals surface area contributed by atoms with Crippen LogP contribution in [0.5, 0.6) is 0 Å². The summed E-state index contributed by atoms with van der Waals surface area (Å²) in [5.41, 5.74) is 2.33. The van der Waals surface area contributed by atoms with E-state index in [1.807, 2.05) is 49.4 Å². The zero-order valence-electron chi connectivity index (χ0n) is 19.6. The third kappa shape index (κ3) is 5.98. The molecular formula is C25H29ClFN5O2S. The maximum atomic E-state index is 14.9. The van der Waals surface area contributed by atoms with Crippen molar-refractivity contribution >= 4 is 34.8 Å². The lowest BCUT2D eigenvalue weighted by Gasteiger charge is -2.37. The molecule has 1 unspecified atom stereocenters. The first-order valence-corrected chi connectivity index (χ1v) is 12.4. The highest BCUT2D eigenvalue weighted by atomic mass is 35.5. The summed E-state index contributed by atoms with van der Waals surface area (Å²) in [4.78, 5) is 9.40.